The Bertz CT molecular complexity index is 1740. The Morgan fingerprint density at radius 1 is 0.786 bits per heavy atom. The molecule has 0 saturated carbocycles. The zero-order chi connectivity index (χ0) is 29.8. The molecule has 0 aliphatic carbocycles. The average Bonchev–Trinajstić information content (AvgIpc) is 3.01. The quantitative estimate of drug-likeness (QED) is 0.151. The standard InChI is InChI=1S/C33H33FN4O4/c1-19-7-6-8-27(34)30(19)32-25(14-21-10-12-24(40-3)16-29(21)42-5)31-22(17-36-18-26(31)33(37-32)38-35)13-20-9-11-23(39-2)15-28(20)41-4/h6-12,15-18H,13-14,35H2,1-5H3,(H,37,38). The van der Waals surface area contributed by atoms with Gasteiger partial charge in [0.1, 0.15) is 34.6 Å². The fourth-order valence-corrected chi connectivity index (χ4v) is 5.34. The molecule has 3 aromatic carbocycles. The van der Waals surface area contributed by atoms with E-state index in [2.05, 4.69) is 10.4 Å². The molecule has 8 nitrogen and oxygen atoms in total. The fraction of sp³-hybridized carbons (Fsp3) is 0.212. The van der Waals surface area contributed by atoms with Crippen molar-refractivity contribution in [1.82, 2.24) is 9.97 Å². The maximum Gasteiger partial charge on any atom is 0.150 e. The Hall–Kier alpha value is -4.89. The molecule has 5 aromatic rings. The largest absolute Gasteiger partial charge is 0.497 e. The second-order valence-electron chi connectivity index (χ2n) is 9.79. The number of nitrogens with zero attached hydrogens (tertiary/aromatic N) is 2. The number of hydrogen-bond donors (Lipinski definition) is 2. The molecule has 5 rings (SSSR count). The van der Waals surface area contributed by atoms with Crippen LogP contribution in [-0.4, -0.2) is 38.4 Å². The first kappa shape index (κ1) is 28.6. The van der Waals surface area contributed by atoms with Crippen molar-refractivity contribution in [3.05, 3.63) is 101 Å². The third kappa shape index (κ3) is 5.38. The minimum atomic E-state index is -0.375. The summed E-state index contributed by atoms with van der Waals surface area (Å²) >= 11 is 0. The van der Waals surface area contributed by atoms with Gasteiger partial charge in [-0.05, 0) is 58.3 Å². The molecule has 3 N–H and O–H groups in total. The normalized spacial score (nSPS) is 10.9. The molecule has 0 aliphatic rings. The van der Waals surface area contributed by atoms with Crippen LogP contribution in [0.1, 0.15) is 27.8 Å². The number of methoxy groups -OCH3 is 4. The van der Waals surface area contributed by atoms with Gasteiger partial charge in [-0.2, -0.15) is 0 Å². The molecule has 0 saturated heterocycles. The summed E-state index contributed by atoms with van der Waals surface area (Å²) in [5.74, 6) is 8.70. The monoisotopic (exact) mass is 568 g/mol. The molecule has 216 valence electrons. The van der Waals surface area contributed by atoms with Crippen LogP contribution in [-0.2, 0) is 12.8 Å². The minimum Gasteiger partial charge on any atom is -0.497 e. The number of hydrazine groups is 1. The summed E-state index contributed by atoms with van der Waals surface area (Å²) in [6, 6.07) is 16.4. The highest BCUT2D eigenvalue weighted by Gasteiger charge is 2.23. The summed E-state index contributed by atoms with van der Waals surface area (Å²) in [6.45, 7) is 1.87. The number of aryl methyl sites for hydroxylation is 1. The van der Waals surface area contributed by atoms with E-state index >= 15 is 4.39 Å². The van der Waals surface area contributed by atoms with Crippen molar-refractivity contribution >= 4 is 16.6 Å². The zero-order valence-electron chi connectivity index (χ0n) is 24.2. The van der Waals surface area contributed by atoms with Crippen LogP contribution in [0.3, 0.4) is 0 Å². The molecule has 0 bridgehead atoms. The molecule has 42 heavy (non-hydrogen) atoms. The van der Waals surface area contributed by atoms with Crippen molar-refractivity contribution in [3.8, 4) is 34.3 Å². The molecule has 0 unspecified atom stereocenters. The molecule has 0 fully saturated rings. The van der Waals surface area contributed by atoms with Crippen molar-refractivity contribution in [2.45, 2.75) is 19.8 Å². The topological polar surface area (TPSA) is 101 Å². The molecular weight excluding hydrogens is 535 g/mol. The molecule has 0 atom stereocenters. The maximum atomic E-state index is 15.6. The lowest BCUT2D eigenvalue weighted by Gasteiger charge is -2.21. The van der Waals surface area contributed by atoms with Crippen molar-refractivity contribution in [2.75, 3.05) is 33.9 Å². The summed E-state index contributed by atoms with van der Waals surface area (Å²) < 4.78 is 37.8. The van der Waals surface area contributed by atoms with Crippen LogP contribution < -0.4 is 30.2 Å². The zero-order valence-corrected chi connectivity index (χ0v) is 24.2. The van der Waals surface area contributed by atoms with Gasteiger partial charge in [0.25, 0.3) is 0 Å². The molecule has 0 radical (unpaired) electrons. The predicted octanol–water partition coefficient (Wildman–Crippen LogP) is 6.25. The molecule has 9 heteroatoms. The van der Waals surface area contributed by atoms with Crippen molar-refractivity contribution in [1.29, 1.82) is 0 Å². The van der Waals surface area contributed by atoms with Crippen LogP contribution >= 0.6 is 0 Å². The fourth-order valence-electron chi connectivity index (χ4n) is 5.34. The van der Waals surface area contributed by atoms with Gasteiger partial charge in [0, 0.05) is 48.3 Å². The van der Waals surface area contributed by atoms with E-state index in [1.165, 1.54) is 6.07 Å². The van der Waals surface area contributed by atoms with E-state index in [0.717, 1.165) is 33.2 Å². The van der Waals surface area contributed by atoms with E-state index in [1.54, 1.807) is 40.7 Å². The highest BCUT2D eigenvalue weighted by molar-refractivity contribution is 6.00. The Morgan fingerprint density at radius 3 is 2.00 bits per heavy atom. The highest BCUT2D eigenvalue weighted by Crippen LogP contribution is 2.40. The van der Waals surface area contributed by atoms with E-state index in [9.17, 15) is 0 Å². The van der Waals surface area contributed by atoms with Crippen LogP contribution in [0.15, 0.2) is 67.0 Å². The predicted molar refractivity (Wildman–Crippen MR) is 162 cm³/mol. The first-order valence-corrected chi connectivity index (χ1v) is 13.4. The van der Waals surface area contributed by atoms with Gasteiger partial charge in [0.2, 0.25) is 0 Å². The molecule has 0 spiro atoms. The molecule has 0 amide bonds. The van der Waals surface area contributed by atoms with E-state index in [0.29, 0.717) is 58.3 Å². The number of fused-ring (bicyclic) bond motifs is 1. The minimum absolute atomic E-state index is 0.375. The Balaban J connectivity index is 1.83. The van der Waals surface area contributed by atoms with Crippen LogP contribution in [0.25, 0.3) is 22.0 Å². The lowest BCUT2D eigenvalue weighted by Crippen LogP contribution is -2.13. The number of anilines is 1. The highest BCUT2D eigenvalue weighted by atomic mass is 19.1. The van der Waals surface area contributed by atoms with Gasteiger partial charge in [0.15, 0.2) is 0 Å². The van der Waals surface area contributed by atoms with Gasteiger partial charge in [-0.1, -0.05) is 24.3 Å². The molecule has 2 aromatic heterocycles. The van der Waals surface area contributed by atoms with E-state index in [4.69, 9.17) is 29.8 Å². The number of pyridine rings is 2. The Labute approximate surface area is 244 Å². The number of aromatic nitrogens is 2. The van der Waals surface area contributed by atoms with E-state index in [-0.39, 0.29) is 5.82 Å². The van der Waals surface area contributed by atoms with Crippen molar-refractivity contribution < 1.29 is 23.3 Å². The summed E-state index contributed by atoms with van der Waals surface area (Å²) in [4.78, 5) is 9.41. The van der Waals surface area contributed by atoms with Gasteiger partial charge >= 0.3 is 0 Å². The van der Waals surface area contributed by atoms with Crippen molar-refractivity contribution in [3.63, 3.8) is 0 Å². The van der Waals surface area contributed by atoms with E-state index < -0.39 is 0 Å². The van der Waals surface area contributed by atoms with Gasteiger partial charge in [-0.3, -0.25) is 4.98 Å². The van der Waals surface area contributed by atoms with Crippen LogP contribution in [0, 0.1) is 12.7 Å². The number of halogens is 1. The third-order valence-electron chi connectivity index (χ3n) is 7.42. The number of rotatable bonds is 10. The summed E-state index contributed by atoms with van der Waals surface area (Å²) in [7, 11) is 6.46. The number of hydrogen-bond acceptors (Lipinski definition) is 8. The number of benzene rings is 3. The second kappa shape index (κ2) is 12.3. The first-order valence-electron chi connectivity index (χ1n) is 13.4. The average molecular weight is 569 g/mol. The van der Waals surface area contributed by atoms with E-state index in [1.807, 2.05) is 55.6 Å². The lowest BCUT2D eigenvalue weighted by atomic mass is 9.89. The smallest absolute Gasteiger partial charge is 0.150 e. The van der Waals surface area contributed by atoms with Crippen LogP contribution in [0.5, 0.6) is 23.0 Å². The van der Waals surface area contributed by atoms with Crippen LogP contribution in [0.2, 0.25) is 0 Å². The Kier molecular flexibility index (Phi) is 8.40. The van der Waals surface area contributed by atoms with Gasteiger partial charge in [-0.15, -0.1) is 0 Å². The van der Waals surface area contributed by atoms with Gasteiger partial charge in [0.05, 0.1) is 34.1 Å². The van der Waals surface area contributed by atoms with Gasteiger partial charge < -0.3 is 24.4 Å². The summed E-state index contributed by atoms with van der Waals surface area (Å²) in [6.07, 6.45) is 4.41. The number of nitrogens with two attached hydrogens (primary N) is 1. The number of nitrogen functional groups attached to an aromatic ring is 1. The molecule has 0 aliphatic heterocycles. The lowest BCUT2D eigenvalue weighted by molar-refractivity contribution is 0.391. The van der Waals surface area contributed by atoms with Gasteiger partial charge in [-0.25, -0.2) is 15.2 Å². The first-order chi connectivity index (χ1) is 20.4. The SMILES string of the molecule is COc1ccc(Cc2cncc3c(NN)nc(-c4c(C)cccc4F)c(Cc4ccc(OC)cc4OC)c23)c(OC)c1. The second-order valence-corrected chi connectivity index (χ2v) is 9.79. The van der Waals surface area contributed by atoms with Crippen molar-refractivity contribution in [2.24, 2.45) is 5.84 Å². The third-order valence-corrected chi connectivity index (χ3v) is 7.42. The van der Waals surface area contributed by atoms with Crippen LogP contribution in [0.4, 0.5) is 10.2 Å². The summed E-state index contributed by atoms with van der Waals surface area (Å²) in [5.41, 5.74) is 7.89. The number of ether oxygens (including phenoxy) is 4. The number of nitrogens with one attached hydrogen (secondary N) is 1. The molecular formula is C33H33FN4O4. The molecule has 2 heterocycles. The summed E-state index contributed by atoms with van der Waals surface area (Å²) in [5, 5.41) is 1.57. The Morgan fingerprint density at radius 2 is 1.43 bits per heavy atom. The maximum absolute atomic E-state index is 15.6.